The van der Waals surface area contributed by atoms with Crippen molar-refractivity contribution in [2.45, 2.75) is 68.3 Å². The van der Waals surface area contributed by atoms with Gasteiger partial charge in [-0.3, -0.25) is 4.79 Å². The van der Waals surface area contributed by atoms with E-state index in [0.29, 0.717) is 17.0 Å². The maximum Gasteiger partial charge on any atom is 0.330 e. The van der Waals surface area contributed by atoms with E-state index in [0.717, 1.165) is 6.42 Å². The molecule has 1 aromatic carbocycles. The minimum Gasteiger partial charge on any atom is -0.508 e. The number of benzene rings is 1. The lowest BCUT2D eigenvalue weighted by Crippen LogP contribution is -2.74. The van der Waals surface area contributed by atoms with Crippen molar-refractivity contribution in [2.75, 3.05) is 13.2 Å². The number of rotatable bonds is 9. The Hall–Kier alpha value is -2.32. The summed E-state index contributed by atoms with van der Waals surface area (Å²) >= 11 is 0. The van der Waals surface area contributed by atoms with Gasteiger partial charge in [0.05, 0.1) is 25.3 Å². The van der Waals surface area contributed by atoms with E-state index in [1.807, 2.05) is 6.92 Å². The number of piperidine rings is 1. The fourth-order valence-corrected chi connectivity index (χ4v) is 4.00. The number of hydrogen-bond donors (Lipinski definition) is 7. The molecule has 2 aliphatic heterocycles. The van der Waals surface area contributed by atoms with Gasteiger partial charge in [0.15, 0.2) is 6.23 Å². The Morgan fingerprint density at radius 2 is 1.97 bits per heavy atom. The van der Waals surface area contributed by atoms with Crippen LogP contribution in [0.3, 0.4) is 0 Å². The number of nitrogens with one attached hydrogen (secondary N) is 1. The molecule has 12 nitrogen and oxygen atoms in total. The minimum absolute atomic E-state index is 0.0440. The average molecular weight is 469 g/mol. The summed E-state index contributed by atoms with van der Waals surface area (Å²) in [6, 6.07) is 1.74. The highest BCUT2D eigenvalue weighted by atomic mass is 16.6. The average Bonchev–Trinajstić information content (AvgIpc) is 3.04. The first kappa shape index (κ1) is 25.3. The molecule has 0 aliphatic carbocycles. The predicted molar refractivity (Wildman–Crippen MR) is 112 cm³/mol. The number of nitrogens with zero attached hydrogens (tertiary/aromatic N) is 1. The lowest BCUT2D eigenvalue weighted by atomic mass is 9.80. The number of unbranched alkanes of at least 4 members (excludes halogenated alkanes) is 1. The van der Waals surface area contributed by atoms with Gasteiger partial charge < -0.3 is 46.2 Å². The standard InChI is InChI=1S/C21H31N3O9/c1-2-3-8-32-20(29)14(15-16(26)21(30)10-33-19(17(21)27)24(15)31)23-18(28)13(22)9-11-4-6-12(25)7-5-11/h4-7,13-17,19,25-27,30-31H,2-3,8-10,22H2,1H3,(H,23,28)/t13-,14?,15?,16-,17-,19?,21+/m0/s1. The third-order valence-electron chi connectivity index (χ3n) is 6.03. The van der Waals surface area contributed by atoms with E-state index in [2.05, 4.69) is 5.32 Å². The number of phenolic OH excluding ortho intramolecular Hbond substituents is 1. The van der Waals surface area contributed by atoms with Crippen LogP contribution in [0.5, 0.6) is 5.75 Å². The molecule has 2 fully saturated rings. The number of nitrogens with two attached hydrogens (primary N) is 1. The zero-order chi connectivity index (χ0) is 24.3. The Bertz CT molecular complexity index is 839. The van der Waals surface area contributed by atoms with Crippen LogP contribution in [0.4, 0.5) is 0 Å². The number of carbonyl (C=O) groups excluding carboxylic acids is 2. The quantitative estimate of drug-likeness (QED) is 0.156. The number of esters is 1. The molecule has 0 saturated carbocycles. The monoisotopic (exact) mass is 469 g/mol. The van der Waals surface area contributed by atoms with Gasteiger partial charge in [-0.15, -0.1) is 0 Å². The van der Waals surface area contributed by atoms with Gasteiger partial charge in [0.1, 0.15) is 29.6 Å². The second-order valence-electron chi connectivity index (χ2n) is 8.44. The van der Waals surface area contributed by atoms with Crippen molar-refractivity contribution in [3.05, 3.63) is 29.8 Å². The van der Waals surface area contributed by atoms with E-state index in [-0.39, 0.29) is 18.8 Å². The van der Waals surface area contributed by atoms with Crippen molar-refractivity contribution < 1.29 is 44.7 Å². The molecule has 33 heavy (non-hydrogen) atoms. The summed E-state index contributed by atoms with van der Waals surface area (Å²) in [6.07, 6.45) is -3.56. The summed E-state index contributed by atoms with van der Waals surface area (Å²) in [6.45, 7) is 1.45. The summed E-state index contributed by atoms with van der Waals surface area (Å²) in [7, 11) is 0. The van der Waals surface area contributed by atoms with E-state index < -0.39 is 60.6 Å². The third kappa shape index (κ3) is 5.11. The molecule has 0 radical (unpaired) electrons. The largest absolute Gasteiger partial charge is 0.508 e. The molecule has 3 rings (SSSR count). The van der Waals surface area contributed by atoms with E-state index in [1.54, 1.807) is 12.1 Å². The molecule has 2 bridgehead atoms. The number of aromatic hydroxyl groups is 1. The van der Waals surface area contributed by atoms with Gasteiger partial charge in [-0.1, -0.05) is 25.5 Å². The number of aliphatic hydroxyl groups excluding tert-OH is 2. The molecule has 1 aromatic rings. The Balaban J connectivity index is 1.80. The molecule has 3 unspecified atom stereocenters. The normalized spacial score (nSPS) is 31.1. The number of hydroxylamine groups is 2. The molecule has 2 heterocycles. The zero-order valence-electron chi connectivity index (χ0n) is 18.2. The molecule has 1 amide bonds. The second kappa shape index (κ2) is 10.3. The molecule has 2 aliphatic rings. The SMILES string of the molecule is CCCCOC(=O)C(NC(=O)[C@@H](N)Cc1ccc(O)cc1)C1[C@H](O)[C@]2(O)COC([C@@H]2O)N1O. The first-order valence-electron chi connectivity index (χ1n) is 10.8. The lowest BCUT2D eigenvalue weighted by molar-refractivity contribution is -0.298. The van der Waals surface area contributed by atoms with Crippen molar-refractivity contribution in [2.24, 2.45) is 5.73 Å². The van der Waals surface area contributed by atoms with Crippen LogP contribution in [0.15, 0.2) is 24.3 Å². The van der Waals surface area contributed by atoms with Crippen LogP contribution in [-0.2, 0) is 25.5 Å². The summed E-state index contributed by atoms with van der Waals surface area (Å²) in [4.78, 5) is 25.7. The number of ether oxygens (including phenoxy) is 2. The van der Waals surface area contributed by atoms with Crippen LogP contribution in [0.1, 0.15) is 25.3 Å². The Kier molecular flexibility index (Phi) is 7.90. The second-order valence-corrected chi connectivity index (χ2v) is 8.44. The van der Waals surface area contributed by atoms with Crippen molar-refractivity contribution in [3.63, 3.8) is 0 Å². The van der Waals surface area contributed by atoms with Crippen LogP contribution in [0.2, 0.25) is 0 Å². The summed E-state index contributed by atoms with van der Waals surface area (Å²) < 4.78 is 10.4. The van der Waals surface area contributed by atoms with Crippen LogP contribution in [-0.4, -0.2) is 97.9 Å². The molecular weight excluding hydrogens is 438 g/mol. The predicted octanol–water partition coefficient (Wildman–Crippen LogP) is -2.03. The summed E-state index contributed by atoms with van der Waals surface area (Å²) in [5.74, 6) is -1.67. The van der Waals surface area contributed by atoms with Gasteiger partial charge in [-0.25, -0.2) is 4.79 Å². The van der Waals surface area contributed by atoms with Crippen molar-refractivity contribution in [3.8, 4) is 5.75 Å². The molecule has 8 N–H and O–H groups in total. The first-order chi connectivity index (χ1) is 15.6. The van der Waals surface area contributed by atoms with Crippen LogP contribution in [0.25, 0.3) is 0 Å². The number of fused-ring (bicyclic) bond motifs is 2. The number of aliphatic hydroxyl groups is 3. The zero-order valence-corrected chi connectivity index (χ0v) is 18.2. The molecule has 2 saturated heterocycles. The summed E-state index contributed by atoms with van der Waals surface area (Å²) in [5, 5.41) is 54.4. The van der Waals surface area contributed by atoms with Gasteiger partial charge in [0, 0.05) is 0 Å². The van der Waals surface area contributed by atoms with E-state index in [1.165, 1.54) is 12.1 Å². The van der Waals surface area contributed by atoms with Crippen LogP contribution < -0.4 is 11.1 Å². The Labute approximate surface area is 190 Å². The van der Waals surface area contributed by atoms with Gasteiger partial charge >= 0.3 is 5.97 Å². The van der Waals surface area contributed by atoms with Gasteiger partial charge in [-0.05, 0) is 30.5 Å². The van der Waals surface area contributed by atoms with Crippen molar-refractivity contribution in [1.82, 2.24) is 10.4 Å². The molecule has 184 valence electrons. The van der Waals surface area contributed by atoms with Gasteiger partial charge in [-0.2, -0.15) is 5.06 Å². The lowest BCUT2D eigenvalue weighted by Gasteiger charge is -2.46. The highest BCUT2D eigenvalue weighted by Crippen LogP contribution is 2.39. The van der Waals surface area contributed by atoms with E-state index in [4.69, 9.17) is 15.2 Å². The number of carbonyl (C=O) groups is 2. The Morgan fingerprint density at radius 1 is 1.30 bits per heavy atom. The molecule has 7 atom stereocenters. The van der Waals surface area contributed by atoms with Gasteiger partial charge in [0.2, 0.25) is 5.91 Å². The topological polar surface area (TPSA) is 195 Å². The maximum atomic E-state index is 12.8. The van der Waals surface area contributed by atoms with Crippen LogP contribution >= 0.6 is 0 Å². The fourth-order valence-electron chi connectivity index (χ4n) is 4.00. The van der Waals surface area contributed by atoms with E-state index in [9.17, 15) is 35.2 Å². The molecule has 0 aromatic heterocycles. The maximum absolute atomic E-state index is 12.8. The molecule has 0 spiro atoms. The fraction of sp³-hybridized carbons (Fsp3) is 0.619. The smallest absolute Gasteiger partial charge is 0.330 e. The number of phenols is 1. The van der Waals surface area contributed by atoms with Crippen LogP contribution in [0, 0.1) is 0 Å². The minimum atomic E-state index is -2.16. The highest BCUT2D eigenvalue weighted by molar-refractivity contribution is 5.88. The third-order valence-corrected chi connectivity index (χ3v) is 6.03. The highest BCUT2D eigenvalue weighted by Gasteiger charge is 2.65. The summed E-state index contributed by atoms with van der Waals surface area (Å²) in [5.41, 5.74) is 4.49. The molecule has 12 heteroatoms. The van der Waals surface area contributed by atoms with E-state index >= 15 is 0 Å². The first-order valence-corrected chi connectivity index (χ1v) is 10.8. The van der Waals surface area contributed by atoms with Gasteiger partial charge in [0.25, 0.3) is 0 Å². The van der Waals surface area contributed by atoms with Crippen molar-refractivity contribution in [1.29, 1.82) is 0 Å². The number of hydrogen-bond acceptors (Lipinski definition) is 11. The van der Waals surface area contributed by atoms with Crippen molar-refractivity contribution >= 4 is 11.9 Å². The number of amides is 1. The molecular formula is C21H31N3O9. The Morgan fingerprint density at radius 3 is 2.61 bits per heavy atom.